The maximum Gasteiger partial charge on any atom is 0.309 e. The summed E-state index contributed by atoms with van der Waals surface area (Å²) in [4.78, 5) is 11.1. The first kappa shape index (κ1) is 12.1. The molecule has 0 radical (unpaired) electrons. The average Bonchev–Trinajstić information content (AvgIpc) is 2.13. The summed E-state index contributed by atoms with van der Waals surface area (Å²) in [6, 6.07) is 0. The number of hydrogen-bond donors (Lipinski definition) is 2. The van der Waals surface area contributed by atoms with E-state index in [0.29, 0.717) is 0 Å². The van der Waals surface area contributed by atoms with Crippen LogP contribution >= 0.6 is 0 Å². The van der Waals surface area contributed by atoms with Crippen LogP contribution in [0.2, 0.25) is 0 Å². The fraction of sp³-hybridized carbons (Fsp3) is 0.667. The van der Waals surface area contributed by atoms with Crippen LogP contribution in [0.3, 0.4) is 0 Å². The van der Waals surface area contributed by atoms with Gasteiger partial charge in [-0.05, 0) is 6.42 Å². The summed E-state index contributed by atoms with van der Waals surface area (Å²) in [5.41, 5.74) is 0. The van der Waals surface area contributed by atoms with E-state index in [1.807, 2.05) is 0 Å². The molecule has 0 aromatic heterocycles. The first-order valence-corrected chi connectivity index (χ1v) is 4.18. The third-order valence-electron chi connectivity index (χ3n) is 1.58. The third kappa shape index (κ3) is 5.38. The molecule has 0 rings (SSSR count). The summed E-state index contributed by atoms with van der Waals surface area (Å²) in [6.45, 7) is 4.89. The number of esters is 1. The normalized spacial score (nSPS) is 14.7. The van der Waals surface area contributed by atoms with E-state index in [1.54, 1.807) is 6.92 Å². The second kappa shape index (κ2) is 6.62. The van der Waals surface area contributed by atoms with Gasteiger partial charge in [0.2, 0.25) is 0 Å². The van der Waals surface area contributed by atoms with Gasteiger partial charge in [-0.2, -0.15) is 0 Å². The van der Waals surface area contributed by atoms with E-state index in [0.717, 1.165) is 0 Å². The van der Waals surface area contributed by atoms with E-state index in [4.69, 9.17) is 14.9 Å². The topological polar surface area (TPSA) is 66.8 Å². The van der Waals surface area contributed by atoms with Crippen LogP contribution in [0, 0.1) is 5.92 Å². The highest BCUT2D eigenvalue weighted by Crippen LogP contribution is 2.07. The Morgan fingerprint density at radius 3 is 2.77 bits per heavy atom. The second-order valence-electron chi connectivity index (χ2n) is 2.89. The first-order chi connectivity index (χ1) is 6.11. The van der Waals surface area contributed by atoms with Crippen molar-refractivity contribution < 1.29 is 19.7 Å². The summed E-state index contributed by atoms with van der Waals surface area (Å²) < 4.78 is 4.75. The van der Waals surface area contributed by atoms with Gasteiger partial charge < -0.3 is 14.9 Å². The predicted octanol–water partition coefficient (Wildman–Crippen LogP) is 0.0950. The minimum absolute atomic E-state index is 0.179. The maximum absolute atomic E-state index is 11.1. The van der Waals surface area contributed by atoms with Gasteiger partial charge in [0.15, 0.2) is 0 Å². The molecule has 2 atom stereocenters. The zero-order valence-corrected chi connectivity index (χ0v) is 7.77. The Bertz CT molecular complexity index is 167. The van der Waals surface area contributed by atoms with Crippen LogP contribution in [-0.2, 0) is 9.53 Å². The molecule has 0 amide bonds. The van der Waals surface area contributed by atoms with Crippen LogP contribution in [0.25, 0.3) is 0 Å². The minimum Gasteiger partial charge on any atom is -0.461 e. The first-order valence-electron chi connectivity index (χ1n) is 4.18. The lowest BCUT2D eigenvalue weighted by molar-refractivity contribution is -0.147. The summed E-state index contributed by atoms with van der Waals surface area (Å²) >= 11 is 0. The fourth-order valence-corrected chi connectivity index (χ4v) is 0.862. The van der Waals surface area contributed by atoms with Crippen LogP contribution in [0.15, 0.2) is 12.7 Å². The molecular formula is C9H16O4. The zero-order valence-electron chi connectivity index (χ0n) is 7.77. The second-order valence-corrected chi connectivity index (χ2v) is 2.89. The molecule has 0 spiro atoms. The quantitative estimate of drug-likeness (QED) is 0.458. The number of carbonyl (C=O) groups is 1. The molecule has 0 saturated carbocycles. The van der Waals surface area contributed by atoms with Crippen molar-refractivity contribution in [2.75, 3.05) is 13.2 Å². The van der Waals surface area contributed by atoms with Crippen molar-refractivity contribution in [2.24, 2.45) is 5.92 Å². The summed E-state index contributed by atoms with van der Waals surface area (Å²) in [5.74, 6) is -0.783. The number of carbonyl (C=O) groups excluding carboxylic acids is 1. The lowest BCUT2D eigenvalue weighted by atomic mass is 10.0. The summed E-state index contributed by atoms with van der Waals surface area (Å²) in [7, 11) is 0. The van der Waals surface area contributed by atoms with Crippen LogP contribution < -0.4 is 0 Å². The molecule has 0 bridgehead atoms. The molecular weight excluding hydrogens is 172 g/mol. The molecule has 2 N–H and O–H groups in total. The van der Waals surface area contributed by atoms with Gasteiger partial charge in [-0.3, -0.25) is 4.79 Å². The van der Waals surface area contributed by atoms with Gasteiger partial charge in [0, 0.05) is 0 Å². The molecule has 13 heavy (non-hydrogen) atoms. The van der Waals surface area contributed by atoms with E-state index < -0.39 is 12.0 Å². The Balaban J connectivity index is 3.74. The average molecular weight is 188 g/mol. The van der Waals surface area contributed by atoms with Gasteiger partial charge in [-0.1, -0.05) is 19.6 Å². The van der Waals surface area contributed by atoms with Crippen molar-refractivity contribution >= 4 is 5.97 Å². The van der Waals surface area contributed by atoms with Gasteiger partial charge >= 0.3 is 5.97 Å². The van der Waals surface area contributed by atoms with Crippen molar-refractivity contribution in [1.29, 1.82) is 0 Å². The predicted molar refractivity (Wildman–Crippen MR) is 48.0 cm³/mol. The molecule has 0 heterocycles. The molecule has 4 heteroatoms. The van der Waals surface area contributed by atoms with E-state index in [2.05, 4.69) is 6.58 Å². The Kier molecular flexibility index (Phi) is 6.18. The lowest BCUT2D eigenvalue weighted by Gasteiger charge is -2.12. The van der Waals surface area contributed by atoms with Crippen LogP contribution in [-0.4, -0.2) is 35.5 Å². The standard InChI is InChI=1S/C9H16O4/c1-3-4-13-9(12)7(2)5-8(11)6-10/h3,7-8,10-11H,1,4-6H2,2H3. The highest BCUT2D eigenvalue weighted by Gasteiger charge is 2.17. The number of ether oxygens (including phenoxy) is 1. The van der Waals surface area contributed by atoms with Gasteiger partial charge in [0.1, 0.15) is 6.61 Å². The highest BCUT2D eigenvalue weighted by atomic mass is 16.5. The van der Waals surface area contributed by atoms with Gasteiger partial charge in [-0.25, -0.2) is 0 Å². The minimum atomic E-state index is -0.855. The van der Waals surface area contributed by atoms with Crippen LogP contribution in [0.5, 0.6) is 0 Å². The van der Waals surface area contributed by atoms with Gasteiger partial charge in [0.25, 0.3) is 0 Å². The summed E-state index contributed by atoms with van der Waals surface area (Å²) in [5, 5.41) is 17.5. The van der Waals surface area contributed by atoms with Crippen molar-refractivity contribution in [3.8, 4) is 0 Å². The molecule has 0 saturated heterocycles. The lowest BCUT2D eigenvalue weighted by Crippen LogP contribution is -2.22. The molecule has 4 nitrogen and oxygen atoms in total. The highest BCUT2D eigenvalue weighted by molar-refractivity contribution is 5.72. The largest absolute Gasteiger partial charge is 0.461 e. The third-order valence-corrected chi connectivity index (χ3v) is 1.58. The van der Waals surface area contributed by atoms with E-state index >= 15 is 0 Å². The number of aliphatic hydroxyl groups excluding tert-OH is 2. The number of rotatable bonds is 6. The van der Waals surface area contributed by atoms with E-state index in [9.17, 15) is 4.79 Å². The zero-order chi connectivity index (χ0) is 10.3. The molecule has 0 aliphatic carbocycles. The van der Waals surface area contributed by atoms with Gasteiger partial charge in [0.05, 0.1) is 18.6 Å². The monoisotopic (exact) mass is 188 g/mol. The molecule has 0 fully saturated rings. The molecule has 0 aromatic rings. The molecule has 76 valence electrons. The summed E-state index contributed by atoms with van der Waals surface area (Å²) in [6.07, 6.45) is 0.839. The smallest absolute Gasteiger partial charge is 0.309 e. The van der Waals surface area contributed by atoms with E-state index in [-0.39, 0.29) is 25.6 Å². The molecule has 0 aliphatic heterocycles. The Hall–Kier alpha value is -0.870. The van der Waals surface area contributed by atoms with Crippen molar-refractivity contribution in [1.82, 2.24) is 0 Å². The molecule has 0 aromatic carbocycles. The Morgan fingerprint density at radius 2 is 2.31 bits per heavy atom. The van der Waals surface area contributed by atoms with Crippen molar-refractivity contribution in [2.45, 2.75) is 19.4 Å². The van der Waals surface area contributed by atoms with E-state index in [1.165, 1.54) is 6.08 Å². The van der Waals surface area contributed by atoms with Crippen molar-refractivity contribution in [3.05, 3.63) is 12.7 Å². The van der Waals surface area contributed by atoms with Crippen LogP contribution in [0.4, 0.5) is 0 Å². The fourth-order valence-electron chi connectivity index (χ4n) is 0.862. The molecule has 2 unspecified atom stereocenters. The Labute approximate surface area is 77.8 Å². The maximum atomic E-state index is 11.1. The van der Waals surface area contributed by atoms with Crippen molar-refractivity contribution in [3.63, 3.8) is 0 Å². The SMILES string of the molecule is C=CCOC(=O)C(C)CC(O)CO. The van der Waals surface area contributed by atoms with Gasteiger partial charge in [-0.15, -0.1) is 0 Å². The van der Waals surface area contributed by atoms with Crippen LogP contribution in [0.1, 0.15) is 13.3 Å². The number of hydrogen-bond acceptors (Lipinski definition) is 4. The Morgan fingerprint density at radius 1 is 1.69 bits per heavy atom. The number of aliphatic hydroxyl groups is 2. The molecule has 0 aliphatic rings.